The summed E-state index contributed by atoms with van der Waals surface area (Å²) in [5.41, 5.74) is 1.17. The lowest BCUT2D eigenvalue weighted by Gasteiger charge is -2.23. The minimum absolute atomic E-state index is 0.340. The zero-order chi connectivity index (χ0) is 18.9. The fourth-order valence-electron chi connectivity index (χ4n) is 2.78. The third-order valence-corrected chi connectivity index (χ3v) is 3.82. The molecule has 2 rings (SSSR count). The molecule has 0 unspecified atom stereocenters. The molecule has 0 radical (unpaired) electrons. The number of anilines is 3. The molecule has 0 atom stereocenters. The molecular weight excluding hydrogens is 328 g/mol. The van der Waals surface area contributed by atoms with Crippen molar-refractivity contribution < 1.29 is 9.53 Å². The maximum absolute atomic E-state index is 12.2. The van der Waals surface area contributed by atoms with E-state index in [2.05, 4.69) is 34.0 Å². The van der Waals surface area contributed by atoms with Crippen molar-refractivity contribution in [2.45, 2.75) is 40.5 Å². The van der Waals surface area contributed by atoms with E-state index < -0.39 is 0 Å². The van der Waals surface area contributed by atoms with Crippen LogP contribution in [0.5, 0.6) is 0 Å². The molecule has 0 aliphatic carbocycles. The molecule has 0 amide bonds. The molecule has 6 heteroatoms. The number of benzene rings is 1. The topological polar surface area (TPSA) is 67.4 Å². The Morgan fingerprint density at radius 2 is 1.81 bits per heavy atom. The fraction of sp³-hybridized carbons (Fsp3) is 0.450. The van der Waals surface area contributed by atoms with E-state index in [1.165, 1.54) is 0 Å². The first kappa shape index (κ1) is 19.7. The van der Waals surface area contributed by atoms with Crippen LogP contribution in [0.4, 0.5) is 17.3 Å². The Morgan fingerprint density at radius 1 is 1.12 bits per heavy atom. The molecule has 0 aliphatic heterocycles. The second-order valence-electron chi connectivity index (χ2n) is 6.04. The van der Waals surface area contributed by atoms with Crippen molar-refractivity contribution in [3.05, 3.63) is 41.7 Å². The number of para-hydroxylation sites is 1. The van der Waals surface area contributed by atoms with Crippen LogP contribution in [0.2, 0.25) is 0 Å². The standard InChI is InChI=1S/C20H28N4O2/c1-5-12-24(13-6-2)19-14-18(21-15(4)22-19)23-17-11-9-8-10-16(17)20(25)26-7-3/h8-11,14H,5-7,12-13H2,1-4H3,(H,21,22,23). The second kappa shape index (κ2) is 9.75. The number of nitrogens with one attached hydrogen (secondary N) is 1. The number of aromatic nitrogens is 2. The van der Waals surface area contributed by atoms with Crippen LogP contribution in [0.25, 0.3) is 0 Å². The largest absolute Gasteiger partial charge is 0.462 e. The Hall–Kier alpha value is -2.63. The van der Waals surface area contributed by atoms with Gasteiger partial charge in [0.2, 0.25) is 0 Å². The predicted molar refractivity (Wildman–Crippen MR) is 105 cm³/mol. The Kier molecular flexibility index (Phi) is 7.38. The molecule has 0 fully saturated rings. The Labute approximate surface area is 155 Å². The van der Waals surface area contributed by atoms with E-state index in [1.807, 2.05) is 31.2 Å². The molecule has 26 heavy (non-hydrogen) atoms. The predicted octanol–water partition coefficient (Wildman–Crippen LogP) is 4.33. The molecular formula is C20H28N4O2. The van der Waals surface area contributed by atoms with Crippen LogP contribution in [0.1, 0.15) is 49.8 Å². The summed E-state index contributed by atoms with van der Waals surface area (Å²) in [5.74, 6) is 1.91. The highest BCUT2D eigenvalue weighted by atomic mass is 16.5. The van der Waals surface area contributed by atoms with E-state index in [0.717, 1.165) is 31.7 Å². The molecule has 0 spiro atoms. The van der Waals surface area contributed by atoms with Crippen LogP contribution in [0.3, 0.4) is 0 Å². The van der Waals surface area contributed by atoms with E-state index in [0.29, 0.717) is 29.5 Å². The molecule has 0 saturated heterocycles. The monoisotopic (exact) mass is 356 g/mol. The molecule has 6 nitrogen and oxygen atoms in total. The first-order valence-corrected chi connectivity index (χ1v) is 9.22. The third kappa shape index (κ3) is 5.18. The normalized spacial score (nSPS) is 10.5. The molecule has 1 heterocycles. The summed E-state index contributed by atoms with van der Waals surface area (Å²) in [4.78, 5) is 23.5. The smallest absolute Gasteiger partial charge is 0.340 e. The highest BCUT2D eigenvalue weighted by molar-refractivity contribution is 5.96. The number of hydrogen-bond acceptors (Lipinski definition) is 6. The van der Waals surface area contributed by atoms with Gasteiger partial charge in [0.05, 0.1) is 17.9 Å². The van der Waals surface area contributed by atoms with E-state index in [9.17, 15) is 4.79 Å². The first-order valence-electron chi connectivity index (χ1n) is 9.22. The van der Waals surface area contributed by atoms with Gasteiger partial charge < -0.3 is 15.0 Å². The maximum atomic E-state index is 12.2. The van der Waals surface area contributed by atoms with Gasteiger partial charge in [0.15, 0.2) is 0 Å². The lowest BCUT2D eigenvalue weighted by molar-refractivity contribution is 0.0527. The average Bonchev–Trinajstić information content (AvgIpc) is 2.61. The molecule has 2 aromatic rings. The van der Waals surface area contributed by atoms with E-state index in [-0.39, 0.29) is 5.97 Å². The van der Waals surface area contributed by atoms with Gasteiger partial charge in [-0.15, -0.1) is 0 Å². The van der Waals surface area contributed by atoms with Gasteiger partial charge in [0.1, 0.15) is 17.5 Å². The number of carbonyl (C=O) groups is 1. The minimum atomic E-state index is -0.347. The van der Waals surface area contributed by atoms with Crippen LogP contribution < -0.4 is 10.2 Å². The molecule has 0 bridgehead atoms. The van der Waals surface area contributed by atoms with Gasteiger partial charge in [-0.3, -0.25) is 0 Å². The highest BCUT2D eigenvalue weighted by Gasteiger charge is 2.14. The zero-order valence-corrected chi connectivity index (χ0v) is 16.1. The van der Waals surface area contributed by atoms with Gasteiger partial charge in [0.25, 0.3) is 0 Å². The van der Waals surface area contributed by atoms with Crippen molar-refractivity contribution in [1.29, 1.82) is 0 Å². The summed E-state index contributed by atoms with van der Waals surface area (Å²) >= 11 is 0. The fourth-order valence-corrected chi connectivity index (χ4v) is 2.78. The summed E-state index contributed by atoms with van der Waals surface area (Å²) in [5, 5.41) is 3.25. The molecule has 1 aromatic heterocycles. The van der Waals surface area contributed by atoms with E-state index in [4.69, 9.17) is 4.74 Å². The lowest BCUT2D eigenvalue weighted by atomic mass is 10.2. The summed E-state index contributed by atoms with van der Waals surface area (Å²) in [6, 6.07) is 9.22. The van der Waals surface area contributed by atoms with Crippen molar-refractivity contribution >= 4 is 23.3 Å². The zero-order valence-electron chi connectivity index (χ0n) is 16.1. The number of rotatable bonds is 9. The van der Waals surface area contributed by atoms with Gasteiger partial charge >= 0.3 is 5.97 Å². The van der Waals surface area contributed by atoms with Gasteiger partial charge in [0, 0.05) is 19.2 Å². The minimum Gasteiger partial charge on any atom is -0.462 e. The molecule has 140 valence electrons. The molecule has 1 aromatic carbocycles. The Bertz CT molecular complexity index is 728. The Balaban J connectivity index is 2.32. The maximum Gasteiger partial charge on any atom is 0.340 e. The van der Waals surface area contributed by atoms with Crippen LogP contribution in [0.15, 0.2) is 30.3 Å². The number of nitrogens with zero attached hydrogens (tertiary/aromatic N) is 3. The first-order chi connectivity index (χ1) is 12.6. The molecule has 1 N–H and O–H groups in total. The van der Waals surface area contributed by atoms with Crippen LogP contribution in [-0.4, -0.2) is 35.6 Å². The Morgan fingerprint density at radius 3 is 2.46 bits per heavy atom. The van der Waals surface area contributed by atoms with Crippen molar-refractivity contribution in [3.63, 3.8) is 0 Å². The average molecular weight is 356 g/mol. The summed E-state index contributed by atoms with van der Waals surface area (Å²) in [7, 11) is 0. The van der Waals surface area contributed by atoms with Crippen LogP contribution in [0, 0.1) is 6.92 Å². The lowest BCUT2D eigenvalue weighted by Crippen LogP contribution is -2.26. The number of ether oxygens (including phenoxy) is 1. The quantitative estimate of drug-likeness (QED) is 0.675. The number of aryl methyl sites for hydroxylation is 1. The van der Waals surface area contributed by atoms with Gasteiger partial charge in [-0.25, -0.2) is 14.8 Å². The summed E-state index contributed by atoms with van der Waals surface area (Å²) in [6.45, 7) is 10.2. The van der Waals surface area contributed by atoms with E-state index in [1.54, 1.807) is 13.0 Å². The molecule has 0 aliphatic rings. The molecule has 0 saturated carbocycles. The van der Waals surface area contributed by atoms with Crippen LogP contribution >= 0.6 is 0 Å². The van der Waals surface area contributed by atoms with Gasteiger partial charge in [-0.05, 0) is 38.8 Å². The van der Waals surface area contributed by atoms with Gasteiger partial charge in [-0.2, -0.15) is 0 Å². The van der Waals surface area contributed by atoms with Gasteiger partial charge in [-0.1, -0.05) is 26.0 Å². The van der Waals surface area contributed by atoms with Crippen molar-refractivity contribution in [2.24, 2.45) is 0 Å². The number of carbonyl (C=O) groups excluding carboxylic acids is 1. The number of esters is 1. The third-order valence-electron chi connectivity index (χ3n) is 3.82. The second-order valence-corrected chi connectivity index (χ2v) is 6.04. The van der Waals surface area contributed by atoms with Crippen molar-refractivity contribution in [3.8, 4) is 0 Å². The van der Waals surface area contributed by atoms with Crippen molar-refractivity contribution in [2.75, 3.05) is 29.9 Å². The van der Waals surface area contributed by atoms with Crippen LogP contribution in [-0.2, 0) is 4.74 Å². The summed E-state index contributed by atoms with van der Waals surface area (Å²) < 4.78 is 5.14. The SMILES string of the molecule is CCCN(CCC)c1cc(Nc2ccccc2C(=O)OCC)nc(C)n1. The number of hydrogen-bond donors (Lipinski definition) is 1. The summed E-state index contributed by atoms with van der Waals surface area (Å²) in [6.07, 6.45) is 2.11. The van der Waals surface area contributed by atoms with E-state index >= 15 is 0 Å². The van der Waals surface area contributed by atoms with Crippen molar-refractivity contribution in [1.82, 2.24) is 9.97 Å². The highest BCUT2D eigenvalue weighted by Crippen LogP contribution is 2.23.